The molecule has 6 heteroatoms. The molecule has 0 radical (unpaired) electrons. The average molecular weight is 428 g/mol. The van der Waals surface area contributed by atoms with E-state index in [-0.39, 0.29) is 24.4 Å². The summed E-state index contributed by atoms with van der Waals surface area (Å²) in [7, 11) is 0. The standard InChI is InChI=1S/C21H22BrN3O2/c22-16-8-9-18-17(12-16)21(15-6-2-1-3-7-15)25(13-19(26)23-18)20(27)14-24-10-4-5-11-24/h1-3,6-9,12,21H,4-5,10-11,13-14H2,(H,23,26)/t21-/m1/s1. The third-order valence-electron chi connectivity index (χ3n) is 5.20. The van der Waals surface area contributed by atoms with E-state index < -0.39 is 0 Å². The number of carbonyl (C=O) groups excluding carboxylic acids is 2. The second kappa shape index (κ2) is 7.82. The van der Waals surface area contributed by atoms with Gasteiger partial charge in [0, 0.05) is 15.7 Å². The number of anilines is 1. The molecule has 4 rings (SSSR count). The predicted molar refractivity (Wildman–Crippen MR) is 108 cm³/mol. The number of fused-ring (bicyclic) bond motifs is 1. The SMILES string of the molecule is O=C1CN(C(=O)CN2CCCC2)[C@H](c2ccccc2)c2cc(Br)ccc2N1. The van der Waals surface area contributed by atoms with Crippen LogP contribution in [0.2, 0.25) is 0 Å². The molecule has 0 spiro atoms. The predicted octanol–water partition coefficient (Wildman–Crippen LogP) is 3.42. The van der Waals surface area contributed by atoms with E-state index in [2.05, 4.69) is 26.1 Å². The minimum Gasteiger partial charge on any atom is -0.324 e. The van der Waals surface area contributed by atoms with Crippen molar-refractivity contribution in [3.8, 4) is 0 Å². The Balaban J connectivity index is 1.77. The molecular formula is C21H22BrN3O2. The van der Waals surface area contributed by atoms with E-state index >= 15 is 0 Å². The summed E-state index contributed by atoms with van der Waals surface area (Å²) >= 11 is 3.53. The number of likely N-dealkylation sites (tertiary alicyclic amines) is 1. The molecule has 0 saturated carbocycles. The fourth-order valence-corrected chi connectivity index (χ4v) is 4.31. The van der Waals surface area contributed by atoms with Crippen molar-refractivity contribution in [3.63, 3.8) is 0 Å². The van der Waals surface area contributed by atoms with Crippen molar-refractivity contribution in [1.82, 2.24) is 9.80 Å². The fourth-order valence-electron chi connectivity index (χ4n) is 3.93. The lowest BCUT2D eigenvalue weighted by Gasteiger charge is -2.32. The number of rotatable bonds is 3. The molecule has 2 aromatic rings. The summed E-state index contributed by atoms with van der Waals surface area (Å²) in [6.45, 7) is 2.31. The van der Waals surface area contributed by atoms with E-state index in [1.54, 1.807) is 4.90 Å². The van der Waals surface area contributed by atoms with Gasteiger partial charge in [-0.15, -0.1) is 0 Å². The number of carbonyl (C=O) groups is 2. The quantitative estimate of drug-likeness (QED) is 0.816. The van der Waals surface area contributed by atoms with Crippen LogP contribution in [0.3, 0.4) is 0 Å². The minimum absolute atomic E-state index is 0.00581. The van der Waals surface area contributed by atoms with E-state index in [1.807, 2.05) is 48.5 Å². The zero-order valence-electron chi connectivity index (χ0n) is 15.0. The van der Waals surface area contributed by atoms with Gasteiger partial charge in [0.05, 0.1) is 12.6 Å². The van der Waals surface area contributed by atoms with Gasteiger partial charge in [-0.25, -0.2) is 0 Å². The van der Waals surface area contributed by atoms with E-state index in [1.165, 1.54) is 0 Å². The molecule has 0 aromatic heterocycles. The first-order valence-corrected chi connectivity index (χ1v) is 10.1. The lowest BCUT2D eigenvalue weighted by atomic mass is 9.96. The van der Waals surface area contributed by atoms with Crippen LogP contribution >= 0.6 is 15.9 Å². The van der Waals surface area contributed by atoms with Gasteiger partial charge in [0.25, 0.3) is 0 Å². The average Bonchev–Trinajstić information content (AvgIpc) is 3.12. The van der Waals surface area contributed by atoms with Gasteiger partial charge in [-0.2, -0.15) is 0 Å². The van der Waals surface area contributed by atoms with Crippen LogP contribution in [-0.4, -0.2) is 47.8 Å². The van der Waals surface area contributed by atoms with Crippen molar-refractivity contribution in [3.05, 3.63) is 64.1 Å². The summed E-state index contributed by atoms with van der Waals surface area (Å²) in [5.41, 5.74) is 2.69. The lowest BCUT2D eigenvalue weighted by Crippen LogP contribution is -2.44. The topological polar surface area (TPSA) is 52.7 Å². The van der Waals surface area contributed by atoms with Crippen LogP contribution in [0, 0.1) is 0 Å². The maximum atomic E-state index is 13.2. The highest BCUT2D eigenvalue weighted by Crippen LogP contribution is 2.37. The van der Waals surface area contributed by atoms with E-state index in [9.17, 15) is 9.59 Å². The van der Waals surface area contributed by atoms with E-state index in [4.69, 9.17) is 0 Å². The summed E-state index contributed by atoms with van der Waals surface area (Å²) in [4.78, 5) is 29.7. The van der Waals surface area contributed by atoms with Gasteiger partial charge in [0.15, 0.2) is 0 Å². The molecule has 2 aliphatic heterocycles. The Labute approximate surface area is 167 Å². The minimum atomic E-state index is -0.298. The summed E-state index contributed by atoms with van der Waals surface area (Å²) in [5.74, 6) is -0.166. The highest BCUT2D eigenvalue weighted by molar-refractivity contribution is 9.10. The zero-order chi connectivity index (χ0) is 18.8. The summed E-state index contributed by atoms with van der Waals surface area (Å²) in [6.07, 6.45) is 2.26. The Morgan fingerprint density at radius 1 is 1.11 bits per heavy atom. The molecule has 5 nitrogen and oxygen atoms in total. The molecule has 1 N–H and O–H groups in total. The molecule has 140 valence electrons. The Bertz CT molecular complexity index is 850. The van der Waals surface area contributed by atoms with Crippen LogP contribution in [0.25, 0.3) is 0 Å². The highest BCUT2D eigenvalue weighted by atomic mass is 79.9. The molecule has 27 heavy (non-hydrogen) atoms. The van der Waals surface area contributed by atoms with Gasteiger partial charge in [0.2, 0.25) is 11.8 Å². The van der Waals surface area contributed by atoms with E-state index in [0.29, 0.717) is 6.54 Å². The normalized spacial score (nSPS) is 20.1. The van der Waals surface area contributed by atoms with Crippen molar-refractivity contribution >= 4 is 33.4 Å². The first kappa shape index (κ1) is 18.2. The van der Waals surface area contributed by atoms with Crippen molar-refractivity contribution in [2.45, 2.75) is 18.9 Å². The number of benzene rings is 2. The molecule has 2 amide bonds. The number of nitrogens with one attached hydrogen (secondary N) is 1. The molecule has 0 aliphatic carbocycles. The lowest BCUT2D eigenvalue weighted by molar-refractivity contribution is -0.137. The molecule has 2 aliphatic rings. The first-order chi connectivity index (χ1) is 13.1. The van der Waals surface area contributed by atoms with Gasteiger partial charge >= 0.3 is 0 Å². The second-order valence-corrected chi connectivity index (χ2v) is 8.01. The van der Waals surface area contributed by atoms with Crippen molar-refractivity contribution < 1.29 is 9.59 Å². The smallest absolute Gasteiger partial charge is 0.244 e. The molecule has 0 bridgehead atoms. The number of nitrogens with zero attached hydrogens (tertiary/aromatic N) is 2. The molecule has 1 atom stereocenters. The maximum absolute atomic E-state index is 13.2. The summed E-state index contributed by atoms with van der Waals surface area (Å²) in [5, 5.41) is 2.96. The summed E-state index contributed by atoms with van der Waals surface area (Å²) < 4.78 is 0.922. The number of halogens is 1. The van der Waals surface area contributed by atoms with Crippen LogP contribution in [0.15, 0.2) is 53.0 Å². The Morgan fingerprint density at radius 2 is 1.85 bits per heavy atom. The zero-order valence-corrected chi connectivity index (χ0v) is 16.6. The number of hydrogen-bond acceptors (Lipinski definition) is 3. The second-order valence-electron chi connectivity index (χ2n) is 7.10. The number of hydrogen-bond donors (Lipinski definition) is 1. The molecule has 2 heterocycles. The molecule has 2 aromatic carbocycles. The van der Waals surface area contributed by atoms with Gasteiger partial charge in [-0.3, -0.25) is 14.5 Å². The van der Waals surface area contributed by atoms with E-state index in [0.717, 1.165) is 47.2 Å². The van der Waals surface area contributed by atoms with Crippen LogP contribution in [0.1, 0.15) is 30.0 Å². The third kappa shape index (κ3) is 3.92. The van der Waals surface area contributed by atoms with Gasteiger partial charge < -0.3 is 10.2 Å². The Hall–Kier alpha value is -2.18. The third-order valence-corrected chi connectivity index (χ3v) is 5.69. The van der Waals surface area contributed by atoms with Crippen molar-refractivity contribution in [2.75, 3.05) is 31.5 Å². The number of amides is 2. The van der Waals surface area contributed by atoms with Crippen LogP contribution < -0.4 is 5.32 Å². The van der Waals surface area contributed by atoms with Crippen LogP contribution in [0.5, 0.6) is 0 Å². The maximum Gasteiger partial charge on any atom is 0.244 e. The Morgan fingerprint density at radius 3 is 2.59 bits per heavy atom. The Kier molecular flexibility index (Phi) is 5.27. The van der Waals surface area contributed by atoms with Crippen molar-refractivity contribution in [2.24, 2.45) is 0 Å². The van der Waals surface area contributed by atoms with Crippen LogP contribution in [0.4, 0.5) is 5.69 Å². The van der Waals surface area contributed by atoms with Crippen molar-refractivity contribution in [1.29, 1.82) is 0 Å². The largest absolute Gasteiger partial charge is 0.324 e. The van der Waals surface area contributed by atoms with Gasteiger partial charge in [-0.05, 0) is 49.7 Å². The molecule has 1 saturated heterocycles. The first-order valence-electron chi connectivity index (χ1n) is 9.28. The summed E-state index contributed by atoms with van der Waals surface area (Å²) in [6, 6.07) is 15.4. The molecule has 1 fully saturated rings. The van der Waals surface area contributed by atoms with Crippen LogP contribution in [-0.2, 0) is 9.59 Å². The fraction of sp³-hybridized carbons (Fsp3) is 0.333. The molecule has 0 unspecified atom stereocenters. The highest BCUT2D eigenvalue weighted by Gasteiger charge is 2.34. The van der Waals surface area contributed by atoms with Gasteiger partial charge in [0.1, 0.15) is 6.54 Å². The monoisotopic (exact) mass is 427 g/mol. The molecular weight excluding hydrogens is 406 g/mol. The van der Waals surface area contributed by atoms with Gasteiger partial charge in [-0.1, -0.05) is 46.3 Å².